The van der Waals surface area contributed by atoms with Crippen LogP contribution in [-0.4, -0.2) is 38.9 Å². The third kappa shape index (κ3) is 9.19. The minimum atomic E-state index is -1.12. The number of benzene rings is 1. The first-order valence-electron chi connectivity index (χ1n) is 8.36. The van der Waals surface area contributed by atoms with Gasteiger partial charge in [0.2, 0.25) is 5.91 Å². The van der Waals surface area contributed by atoms with E-state index in [0.29, 0.717) is 23.5 Å². The molecular formula is C18H19BrF2N4O4. The fourth-order valence-corrected chi connectivity index (χ4v) is 2.33. The summed E-state index contributed by atoms with van der Waals surface area (Å²) >= 11 is 3.07. The van der Waals surface area contributed by atoms with Crippen molar-refractivity contribution in [3.05, 3.63) is 58.1 Å². The fraction of sp³-hybridized carbons (Fsp3) is 0.278. The Morgan fingerprint density at radius 2 is 1.79 bits per heavy atom. The molecule has 11 heteroatoms. The number of primary amides is 1. The van der Waals surface area contributed by atoms with Crippen LogP contribution < -0.4 is 11.1 Å². The van der Waals surface area contributed by atoms with Crippen molar-refractivity contribution >= 4 is 33.7 Å². The van der Waals surface area contributed by atoms with Gasteiger partial charge in [-0.2, -0.15) is 0 Å². The van der Waals surface area contributed by atoms with Gasteiger partial charge in [-0.15, -0.1) is 0 Å². The number of rotatable bonds is 7. The Kier molecular flexibility index (Phi) is 9.80. The summed E-state index contributed by atoms with van der Waals surface area (Å²) in [7, 11) is 0. The quantitative estimate of drug-likeness (QED) is 0.565. The maximum absolute atomic E-state index is 12.9. The van der Waals surface area contributed by atoms with E-state index in [1.54, 1.807) is 6.92 Å². The smallest absolute Gasteiger partial charge is 0.326 e. The first-order chi connectivity index (χ1) is 13.6. The number of carbonyl (C=O) groups excluding carboxylic acids is 2. The van der Waals surface area contributed by atoms with Crippen molar-refractivity contribution in [2.75, 3.05) is 0 Å². The van der Waals surface area contributed by atoms with Crippen LogP contribution in [0.15, 0.2) is 35.2 Å². The summed E-state index contributed by atoms with van der Waals surface area (Å²) in [6.07, 6.45) is 3.37. The Labute approximate surface area is 173 Å². The number of amides is 2. The molecular weight excluding hydrogens is 454 g/mol. The summed E-state index contributed by atoms with van der Waals surface area (Å²) in [6.45, 7) is 1.80. The number of carboxylic acids is 1. The van der Waals surface area contributed by atoms with Gasteiger partial charge in [-0.1, -0.05) is 13.3 Å². The summed E-state index contributed by atoms with van der Waals surface area (Å²) in [6, 6.07) is 1.81. The molecule has 1 heterocycles. The molecule has 1 unspecified atom stereocenters. The number of aliphatic carboxylic acids is 1. The maximum Gasteiger partial charge on any atom is 0.326 e. The van der Waals surface area contributed by atoms with Gasteiger partial charge in [-0.3, -0.25) is 9.59 Å². The van der Waals surface area contributed by atoms with Gasteiger partial charge in [0.25, 0.3) is 5.91 Å². The monoisotopic (exact) mass is 472 g/mol. The fourth-order valence-electron chi connectivity index (χ4n) is 2.13. The number of carbonyl (C=O) groups is 3. The van der Waals surface area contributed by atoms with Crippen molar-refractivity contribution in [2.24, 2.45) is 5.73 Å². The Morgan fingerprint density at radius 1 is 1.17 bits per heavy atom. The van der Waals surface area contributed by atoms with Crippen LogP contribution in [0, 0.1) is 11.6 Å². The third-order valence-electron chi connectivity index (χ3n) is 3.37. The molecule has 1 aromatic heterocycles. The normalized spacial score (nSPS) is 11.0. The zero-order chi connectivity index (χ0) is 22.0. The number of nitrogens with two attached hydrogens (primary N) is 1. The van der Waals surface area contributed by atoms with Gasteiger partial charge in [0, 0.05) is 6.07 Å². The van der Waals surface area contributed by atoms with Gasteiger partial charge in [0.05, 0.1) is 18.8 Å². The van der Waals surface area contributed by atoms with Crippen LogP contribution in [0.2, 0.25) is 0 Å². The highest BCUT2D eigenvalue weighted by Crippen LogP contribution is 2.09. The highest BCUT2D eigenvalue weighted by molar-refractivity contribution is 9.10. The van der Waals surface area contributed by atoms with Crippen molar-refractivity contribution in [1.82, 2.24) is 15.3 Å². The number of aromatic nitrogens is 2. The van der Waals surface area contributed by atoms with E-state index in [9.17, 15) is 23.2 Å². The molecule has 0 saturated carbocycles. The van der Waals surface area contributed by atoms with E-state index in [-0.39, 0.29) is 17.7 Å². The van der Waals surface area contributed by atoms with E-state index in [4.69, 9.17) is 10.8 Å². The predicted octanol–water partition coefficient (Wildman–Crippen LogP) is 2.21. The molecule has 8 nitrogen and oxygen atoms in total. The second-order valence-electron chi connectivity index (χ2n) is 5.79. The Bertz CT molecular complexity index is 845. The number of nitrogens with one attached hydrogen (secondary N) is 1. The highest BCUT2D eigenvalue weighted by atomic mass is 79.9. The molecule has 1 atom stereocenters. The van der Waals surface area contributed by atoms with E-state index in [0.717, 1.165) is 12.1 Å². The zero-order valence-electron chi connectivity index (χ0n) is 15.4. The average molecular weight is 473 g/mol. The maximum atomic E-state index is 12.9. The molecule has 4 N–H and O–H groups in total. The minimum absolute atomic E-state index is 0.163. The van der Waals surface area contributed by atoms with Gasteiger partial charge in [0.15, 0.2) is 0 Å². The Balaban J connectivity index is 0.000000352. The average Bonchev–Trinajstić information content (AvgIpc) is 2.61. The van der Waals surface area contributed by atoms with Crippen LogP contribution in [0.3, 0.4) is 0 Å². The lowest BCUT2D eigenvalue weighted by Gasteiger charge is -2.13. The zero-order valence-corrected chi connectivity index (χ0v) is 16.9. The summed E-state index contributed by atoms with van der Waals surface area (Å²) in [5, 5.41) is 11.2. The number of halogens is 3. The second kappa shape index (κ2) is 11.8. The molecule has 0 radical (unpaired) electrons. The summed E-state index contributed by atoms with van der Waals surface area (Å²) in [4.78, 5) is 40.3. The van der Waals surface area contributed by atoms with Crippen LogP contribution >= 0.6 is 15.9 Å². The molecule has 0 aliphatic carbocycles. The molecule has 1 aromatic carbocycles. The lowest BCUT2D eigenvalue weighted by atomic mass is 10.1. The number of carboxylic acid groups (broad SMARTS) is 1. The molecule has 29 heavy (non-hydrogen) atoms. The summed E-state index contributed by atoms with van der Waals surface area (Å²) < 4.78 is 26.4. The molecule has 2 amide bonds. The van der Waals surface area contributed by atoms with Gasteiger partial charge in [0.1, 0.15) is 28.0 Å². The van der Waals surface area contributed by atoms with E-state index in [1.165, 1.54) is 12.4 Å². The largest absolute Gasteiger partial charge is 0.480 e. The Morgan fingerprint density at radius 3 is 2.24 bits per heavy atom. The molecule has 0 aliphatic heterocycles. The molecule has 0 bridgehead atoms. The molecule has 0 aliphatic rings. The van der Waals surface area contributed by atoms with Crippen LogP contribution in [0.4, 0.5) is 8.78 Å². The van der Waals surface area contributed by atoms with Crippen molar-refractivity contribution in [3.8, 4) is 0 Å². The number of hydrogen-bond acceptors (Lipinski definition) is 5. The molecule has 2 aromatic rings. The van der Waals surface area contributed by atoms with Gasteiger partial charge < -0.3 is 16.2 Å². The van der Waals surface area contributed by atoms with Crippen LogP contribution in [0.1, 0.15) is 35.8 Å². The molecule has 0 fully saturated rings. The highest BCUT2D eigenvalue weighted by Gasteiger charge is 2.19. The minimum Gasteiger partial charge on any atom is -0.480 e. The third-order valence-corrected chi connectivity index (χ3v) is 3.78. The van der Waals surface area contributed by atoms with E-state index < -0.39 is 35.5 Å². The van der Waals surface area contributed by atoms with Gasteiger partial charge in [-0.25, -0.2) is 23.5 Å². The van der Waals surface area contributed by atoms with Crippen molar-refractivity contribution in [2.45, 2.75) is 32.2 Å². The SMILES string of the molecule is CCCC(NC(=O)Cc1cc(F)cc(F)c1)C(=O)O.NC(=O)c1cnc(Br)cn1. The summed E-state index contributed by atoms with van der Waals surface area (Å²) in [5.74, 6) is -3.82. The lowest BCUT2D eigenvalue weighted by Crippen LogP contribution is -2.41. The van der Waals surface area contributed by atoms with Crippen molar-refractivity contribution < 1.29 is 28.3 Å². The van der Waals surface area contributed by atoms with Crippen molar-refractivity contribution in [1.29, 1.82) is 0 Å². The van der Waals surface area contributed by atoms with Gasteiger partial charge in [-0.05, 0) is 40.0 Å². The Hall–Kier alpha value is -2.95. The summed E-state index contributed by atoms with van der Waals surface area (Å²) in [5.41, 5.74) is 5.24. The number of nitrogens with zero attached hydrogens (tertiary/aromatic N) is 2. The van der Waals surface area contributed by atoms with Crippen LogP contribution in [-0.2, 0) is 16.0 Å². The topological polar surface area (TPSA) is 135 Å². The standard InChI is InChI=1S/C13H15F2NO3.C5H4BrN3O/c1-2-3-11(13(18)19)16-12(17)6-8-4-9(14)7-10(15)5-8;6-4-2-8-3(1-9-4)5(7)10/h4-5,7,11H,2-3,6H2,1H3,(H,16,17)(H,18,19);1-2H,(H2,7,10). The van der Waals surface area contributed by atoms with E-state index in [1.807, 2.05) is 0 Å². The van der Waals surface area contributed by atoms with E-state index in [2.05, 4.69) is 31.2 Å². The number of hydrogen-bond donors (Lipinski definition) is 3. The predicted molar refractivity (Wildman–Crippen MR) is 103 cm³/mol. The van der Waals surface area contributed by atoms with Crippen LogP contribution in [0.25, 0.3) is 0 Å². The lowest BCUT2D eigenvalue weighted by molar-refractivity contribution is -0.141. The van der Waals surface area contributed by atoms with E-state index >= 15 is 0 Å². The van der Waals surface area contributed by atoms with Crippen LogP contribution in [0.5, 0.6) is 0 Å². The molecule has 2 rings (SSSR count). The molecule has 0 spiro atoms. The first kappa shape index (κ1) is 24.1. The first-order valence-corrected chi connectivity index (χ1v) is 9.16. The molecule has 156 valence electrons. The molecule has 0 saturated heterocycles. The van der Waals surface area contributed by atoms with Crippen molar-refractivity contribution in [3.63, 3.8) is 0 Å². The second-order valence-corrected chi connectivity index (χ2v) is 6.60. The van der Waals surface area contributed by atoms with Gasteiger partial charge >= 0.3 is 5.97 Å².